The SMILES string of the molecule is NS(=O)(=O)c1ccc(NCC2CCCC2O)c(F)c1. The van der Waals surface area contributed by atoms with Crippen molar-refractivity contribution in [1.82, 2.24) is 0 Å². The molecule has 0 aliphatic heterocycles. The highest BCUT2D eigenvalue weighted by Crippen LogP contribution is 2.26. The van der Waals surface area contributed by atoms with Crippen LogP contribution in [0.4, 0.5) is 10.1 Å². The molecule has 2 atom stereocenters. The van der Waals surface area contributed by atoms with Crippen LogP contribution in [0.1, 0.15) is 19.3 Å². The average Bonchev–Trinajstić information content (AvgIpc) is 2.72. The Morgan fingerprint density at radius 2 is 2.16 bits per heavy atom. The lowest BCUT2D eigenvalue weighted by Crippen LogP contribution is -2.22. The molecule has 1 aromatic rings. The van der Waals surface area contributed by atoms with E-state index in [9.17, 15) is 17.9 Å². The van der Waals surface area contributed by atoms with Crippen LogP contribution in [0.3, 0.4) is 0 Å². The van der Waals surface area contributed by atoms with Crippen LogP contribution in [0.25, 0.3) is 0 Å². The molecule has 0 spiro atoms. The van der Waals surface area contributed by atoms with Crippen molar-refractivity contribution in [3.05, 3.63) is 24.0 Å². The van der Waals surface area contributed by atoms with Gasteiger partial charge in [0.1, 0.15) is 5.82 Å². The summed E-state index contributed by atoms with van der Waals surface area (Å²) in [5.74, 6) is -0.559. The van der Waals surface area contributed by atoms with Crippen molar-refractivity contribution in [2.75, 3.05) is 11.9 Å². The number of rotatable bonds is 4. The highest BCUT2D eigenvalue weighted by molar-refractivity contribution is 7.89. The van der Waals surface area contributed by atoms with Crippen molar-refractivity contribution in [3.63, 3.8) is 0 Å². The molecule has 7 heteroatoms. The normalized spacial score (nSPS) is 23.5. The number of aliphatic hydroxyl groups excluding tert-OH is 1. The fourth-order valence-electron chi connectivity index (χ4n) is 2.31. The van der Waals surface area contributed by atoms with E-state index in [1.165, 1.54) is 12.1 Å². The monoisotopic (exact) mass is 288 g/mol. The van der Waals surface area contributed by atoms with Crippen molar-refractivity contribution in [1.29, 1.82) is 0 Å². The van der Waals surface area contributed by atoms with Gasteiger partial charge >= 0.3 is 0 Å². The van der Waals surface area contributed by atoms with Crippen molar-refractivity contribution >= 4 is 15.7 Å². The number of nitrogens with two attached hydrogens (primary N) is 1. The minimum Gasteiger partial charge on any atom is -0.393 e. The molecule has 19 heavy (non-hydrogen) atoms. The van der Waals surface area contributed by atoms with Crippen molar-refractivity contribution in [3.8, 4) is 0 Å². The van der Waals surface area contributed by atoms with Gasteiger partial charge in [-0.2, -0.15) is 0 Å². The quantitative estimate of drug-likeness (QED) is 0.772. The number of sulfonamides is 1. The molecule has 1 aromatic carbocycles. The van der Waals surface area contributed by atoms with Gasteiger partial charge in [0.05, 0.1) is 16.7 Å². The largest absolute Gasteiger partial charge is 0.393 e. The highest BCUT2D eigenvalue weighted by Gasteiger charge is 2.25. The first-order chi connectivity index (χ1) is 8.88. The van der Waals surface area contributed by atoms with E-state index in [0.717, 1.165) is 25.3 Å². The van der Waals surface area contributed by atoms with E-state index >= 15 is 0 Å². The molecule has 1 aliphatic carbocycles. The molecule has 0 saturated heterocycles. The maximum absolute atomic E-state index is 13.7. The average molecular weight is 288 g/mol. The summed E-state index contributed by atoms with van der Waals surface area (Å²) in [5, 5.41) is 17.5. The highest BCUT2D eigenvalue weighted by atomic mass is 32.2. The first-order valence-corrected chi connectivity index (χ1v) is 7.67. The second-order valence-electron chi connectivity index (χ2n) is 4.83. The molecule has 1 aliphatic rings. The predicted octanol–water partition coefficient (Wildman–Crippen LogP) is 1.05. The van der Waals surface area contributed by atoms with Crippen LogP contribution in [-0.4, -0.2) is 26.2 Å². The number of hydrogen-bond acceptors (Lipinski definition) is 4. The summed E-state index contributed by atoms with van der Waals surface area (Å²) < 4.78 is 35.8. The van der Waals surface area contributed by atoms with Crippen LogP contribution in [0.5, 0.6) is 0 Å². The van der Waals surface area contributed by atoms with E-state index in [2.05, 4.69) is 5.32 Å². The summed E-state index contributed by atoms with van der Waals surface area (Å²) in [6, 6.07) is 3.49. The van der Waals surface area contributed by atoms with Crippen molar-refractivity contribution < 1.29 is 17.9 Å². The lowest BCUT2D eigenvalue weighted by atomic mass is 10.1. The van der Waals surface area contributed by atoms with Crippen LogP contribution in [0, 0.1) is 11.7 Å². The third-order valence-electron chi connectivity index (χ3n) is 3.44. The number of nitrogens with one attached hydrogen (secondary N) is 1. The van der Waals surface area contributed by atoms with Crippen LogP contribution < -0.4 is 10.5 Å². The maximum Gasteiger partial charge on any atom is 0.238 e. The van der Waals surface area contributed by atoms with Gasteiger partial charge in [0.2, 0.25) is 10.0 Å². The van der Waals surface area contributed by atoms with Crippen LogP contribution in [-0.2, 0) is 10.0 Å². The van der Waals surface area contributed by atoms with Gasteiger partial charge in [-0.1, -0.05) is 6.42 Å². The van der Waals surface area contributed by atoms with Gasteiger partial charge in [-0.25, -0.2) is 17.9 Å². The molecular weight excluding hydrogens is 271 g/mol. The Kier molecular flexibility index (Phi) is 4.07. The number of hydrogen-bond donors (Lipinski definition) is 3. The first kappa shape index (κ1) is 14.2. The number of aliphatic hydroxyl groups is 1. The predicted molar refractivity (Wildman–Crippen MR) is 69.6 cm³/mol. The van der Waals surface area contributed by atoms with Gasteiger partial charge < -0.3 is 10.4 Å². The van der Waals surface area contributed by atoms with E-state index in [1.54, 1.807) is 0 Å². The summed E-state index contributed by atoms with van der Waals surface area (Å²) in [6.07, 6.45) is 2.31. The third-order valence-corrected chi connectivity index (χ3v) is 4.35. The standard InChI is InChI=1S/C12H17FN2O3S/c13-10-6-9(19(14,17)18)4-5-11(10)15-7-8-2-1-3-12(8)16/h4-6,8,12,15-16H,1-3,7H2,(H2,14,17,18). The second-order valence-corrected chi connectivity index (χ2v) is 6.39. The lowest BCUT2D eigenvalue weighted by Gasteiger charge is -2.16. The Balaban J connectivity index is 2.05. The van der Waals surface area contributed by atoms with Crippen LogP contribution in [0.15, 0.2) is 23.1 Å². The summed E-state index contributed by atoms with van der Waals surface area (Å²) in [4.78, 5) is -0.253. The van der Waals surface area contributed by atoms with Gasteiger partial charge in [-0.15, -0.1) is 0 Å². The fraction of sp³-hybridized carbons (Fsp3) is 0.500. The number of anilines is 1. The third kappa shape index (κ3) is 3.43. The van der Waals surface area contributed by atoms with Crippen molar-refractivity contribution in [2.24, 2.45) is 11.1 Å². The van der Waals surface area contributed by atoms with E-state index in [-0.39, 0.29) is 22.6 Å². The summed E-state index contributed by atoms with van der Waals surface area (Å²) in [6.45, 7) is 0.465. The van der Waals surface area contributed by atoms with Gasteiger partial charge in [-0.05, 0) is 31.0 Å². The zero-order valence-electron chi connectivity index (χ0n) is 10.3. The number of halogens is 1. The fourth-order valence-corrected chi connectivity index (χ4v) is 2.84. The molecule has 1 fully saturated rings. The van der Waals surface area contributed by atoms with Gasteiger partial charge in [-0.3, -0.25) is 0 Å². The molecule has 1 saturated carbocycles. The van der Waals surface area contributed by atoms with E-state index in [4.69, 9.17) is 5.14 Å². The molecule has 0 heterocycles. The summed E-state index contributed by atoms with van der Waals surface area (Å²) in [7, 11) is -3.89. The molecule has 4 N–H and O–H groups in total. The van der Waals surface area contributed by atoms with E-state index in [1.807, 2.05) is 0 Å². The minimum atomic E-state index is -3.89. The second kappa shape index (κ2) is 5.44. The molecule has 0 bridgehead atoms. The Labute approximate surface area is 111 Å². The topological polar surface area (TPSA) is 92.4 Å². The summed E-state index contributed by atoms with van der Waals surface area (Å²) >= 11 is 0. The smallest absolute Gasteiger partial charge is 0.238 e. The lowest BCUT2D eigenvalue weighted by molar-refractivity contribution is 0.138. The van der Waals surface area contributed by atoms with Crippen LogP contribution >= 0.6 is 0 Å². The Bertz CT molecular complexity index is 562. The Hall–Kier alpha value is -1.18. The molecule has 2 unspecified atom stereocenters. The molecule has 2 rings (SSSR count). The zero-order valence-corrected chi connectivity index (χ0v) is 11.2. The Morgan fingerprint density at radius 3 is 2.68 bits per heavy atom. The molecule has 0 amide bonds. The minimum absolute atomic E-state index is 0.109. The van der Waals surface area contributed by atoms with Crippen LogP contribution in [0.2, 0.25) is 0 Å². The van der Waals surface area contributed by atoms with Gasteiger partial charge in [0.15, 0.2) is 0 Å². The van der Waals surface area contributed by atoms with Crippen molar-refractivity contribution in [2.45, 2.75) is 30.3 Å². The van der Waals surface area contributed by atoms with E-state index in [0.29, 0.717) is 6.54 Å². The first-order valence-electron chi connectivity index (χ1n) is 6.12. The molecule has 0 radical (unpaired) electrons. The zero-order chi connectivity index (χ0) is 14.0. The molecule has 0 aromatic heterocycles. The molecular formula is C12H17FN2O3S. The van der Waals surface area contributed by atoms with Gasteiger partial charge in [0, 0.05) is 12.5 Å². The summed E-state index contributed by atoms with van der Waals surface area (Å²) in [5.41, 5.74) is 0.214. The van der Waals surface area contributed by atoms with E-state index < -0.39 is 15.8 Å². The number of primary sulfonamides is 1. The van der Waals surface area contributed by atoms with Gasteiger partial charge in [0.25, 0.3) is 0 Å². The molecule has 106 valence electrons. The molecule has 5 nitrogen and oxygen atoms in total. The number of benzene rings is 1. The Morgan fingerprint density at radius 1 is 1.42 bits per heavy atom. The maximum atomic E-state index is 13.7.